The van der Waals surface area contributed by atoms with E-state index in [0.29, 0.717) is 26.6 Å². The number of aromatic hydroxyl groups is 1. The second-order valence-corrected chi connectivity index (χ2v) is 8.34. The molecule has 0 fully saturated rings. The highest BCUT2D eigenvalue weighted by molar-refractivity contribution is 7.15. The Morgan fingerprint density at radius 1 is 1.16 bits per heavy atom. The Labute approximate surface area is 179 Å². The van der Waals surface area contributed by atoms with E-state index in [1.807, 2.05) is 26.0 Å². The van der Waals surface area contributed by atoms with Crippen molar-refractivity contribution in [3.63, 3.8) is 0 Å². The first kappa shape index (κ1) is 19.1. The number of fused-ring (bicyclic) bond motifs is 3. The zero-order valence-electron chi connectivity index (χ0n) is 16.5. The summed E-state index contributed by atoms with van der Waals surface area (Å²) in [5, 5.41) is 18.9. The fourth-order valence-corrected chi connectivity index (χ4v) is 4.65. The van der Waals surface area contributed by atoms with Crippen LogP contribution in [0, 0.1) is 13.8 Å². The summed E-state index contributed by atoms with van der Waals surface area (Å²) in [5.74, 6) is -0.656. The fourth-order valence-electron chi connectivity index (χ4n) is 3.69. The van der Waals surface area contributed by atoms with Gasteiger partial charge in [-0.1, -0.05) is 17.4 Å². The summed E-state index contributed by atoms with van der Waals surface area (Å²) in [6, 6.07) is 11.6. The van der Waals surface area contributed by atoms with Gasteiger partial charge in [-0.15, -0.1) is 0 Å². The third-order valence-corrected chi connectivity index (χ3v) is 6.06. The lowest BCUT2D eigenvalue weighted by Crippen LogP contribution is -2.22. The number of imidazole rings is 1. The minimum atomic E-state index is -1.23. The van der Waals surface area contributed by atoms with Crippen molar-refractivity contribution in [3.05, 3.63) is 79.8 Å². The summed E-state index contributed by atoms with van der Waals surface area (Å²) < 4.78 is 7.92. The van der Waals surface area contributed by atoms with E-state index in [1.165, 1.54) is 23.5 Å². The smallest absolute Gasteiger partial charge is 0.339 e. The molecule has 0 aliphatic rings. The molecule has 3 aromatic heterocycles. The number of furan rings is 1. The largest absolute Gasteiger partial charge is 0.507 e. The van der Waals surface area contributed by atoms with Gasteiger partial charge in [-0.25, -0.2) is 14.2 Å². The molecule has 154 valence electrons. The maximum absolute atomic E-state index is 13.0. The summed E-state index contributed by atoms with van der Waals surface area (Å²) >= 11 is 1.29. The molecule has 0 spiro atoms. The van der Waals surface area contributed by atoms with Gasteiger partial charge in [0, 0.05) is 11.6 Å². The Kier molecular flexibility index (Phi) is 4.19. The van der Waals surface area contributed by atoms with Crippen molar-refractivity contribution >= 4 is 39.4 Å². The van der Waals surface area contributed by atoms with Crippen LogP contribution in [0.5, 0.6) is 5.75 Å². The minimum absolute atomic E-state index is 0.164. The molecule has 0 radical (unpaired) electrons. The number of benzene rings is 2. The molecular weight excluding hydrogens is 416 g/mol. The monoisotopic (exact) mass is 432 g/mol. The van der Waals surface area contributed by atoms with Crippen LogP contribution < -0.4 is 10.1 Å². The number of rotatable bonds is 3. The first-order valence-electron chi connectivity index (χ1n) is 9.42. The van der Waals surface area contributed by atoms with Gasteiger partial charge in [0.1, 0.15) is 27.4 Å². The normalized spacial score (nSPS) is 12.3. The molecule has 0 amide bonds. The highest BCUT2D eigenvalue weighted by Crippen LogP contribution is 2.28. The van der Waals surface area contributed by atoms with E-state index < -0.39 is 5.97 Å². The van der Waals surface area contributed by atoms with Crippen LogP contribution in [0.25, 0.3) is 33.4 Å². The van der Waals surface area contributed by atoms with Gasteiger partial charge in [0.15, 0.2) is 4.96 Å². The molecule has 0 saturated carbocycles. The zero-order valence-corrected chi connectivity index (χ0v) is 17.4. The predicted molar refractivity (Wildman–Crippen MR) is 118 cm³/mol. The molecular formula is C23H16N2O5S. The van der Waals surface area contributed by atoms with Gasteiger partial charge < -0.3 is 14.6 Å². The number of nitrogens with zero attached hydrogens (tertiary/aromatic N) is 2. The van der Waals surface area contributed by atoms with Crippen molar-refractivity contribution in [2.45, 2.75) is 13.8 Å². The van der Waals surface area contributed by atoms with Crippen LogP contribution in [0.4, 0.5) is 0 Å². The van der Waals surface area contributed by atoms with Crippen molar-refractivity contribution < 1.29 is 19.4 Å². The highest BCUT2D eigenvalue weighted by Gasteiger charge is 2.15. The molecule has 0 bridgehead atoms. The first-order chi connectivity index (χ1) is 14.8. The minimum Gasteiger partial charge on any atom is -0.507 e. The van der Waals surface area contributed by atoms with Crippen molar-refractivity contribution in [2.75, 3.05) is 0 Å². The molecule has 0 atom stereocenters. The maximum atomic E-state index is 13.0. The number of aromatic nitrogens is 2. The van der Waals surface area contributed by atoms with E-state index in [4.69, 9.17) is 4.42 Å². The van der Waals surface area contributed by atoms with Gasteiger partial charge in [-0.2, -0.15) is 0 Å². The molecule has 2 aromatic carbocycles. The average Bonchev–Trinajstić information content (AvgIpc) is 3.39. The van der Waals surface area contributed by atoms with Crippen molar-refractivity contribution in [1.82, 2.24) is 9.38 Å². The van der Waals surface area contributed by atoms with E-state index in [-0.39, 0.29) is 16.9 Å². The van der Waals surface area contributed by atoms with Crippen molar-refractivity contribution in [2.24, 2.45) is 0 Å². The lowest BCUT2D eigenvalue weighted by Gasteiger charge is -2.02. The Balaban J connectivity index is 1.60. The highest BCUT2D eigenvalue weighted by atomic mass is 32.1. The van der Waals surface area contributed by atoms with Gasteiger partial charge in [0.05, 0.1) is 11.0 Å². The molecule has 8 heteroatoms. The molecule has 5 rings (SSSR count). The van der Waals surface area contributed by atoms with E-state index in [1.54, 1.807) is 28.7 Å². The van der Waals surface area contributed by atoms with Crippen LogP contribution in [0.2, 0.25) is 0 Å². The number of aryl methyl sites for hydroxylation is 2. The number of hydrogen-bond donors (Lipinski definition) is 2. The van der Waals surface area contributed by atoms with Gasteiger partial charge in [0.25, 0.3) is 5.56 Å². The Morgan fingerprint density at radius 2 is 1.97 bits per heavy atom. The van der Waals surface area contributed by atoms with Gasteiger partial charge in [-0.05, 0) is 61.4 Å². The van der Waals surface area contributed by atoms with Gasteiger partial charge in [0.2, 0.25) is 0 Å². The molecule has 0 saturated heterocycles. The van der Waals surface area contributed by atoms with Crippen molar-refractivity contribution in [1.29, 1.82) is 0 Å². The molecule has 5 aromatic rings. The third kappa shape index (κ3) is 3.08. The van der Waals surface area contributed by atoms with E-state index in [9.17, 15) is 19.8 Å². The standard InChI is InChI=1S/C23H16N2O5S/c1-11-7-12(2)20-16(8-11)25-21(27)19(31-23(25)24-20)10-14-4-6-18(30-14)13-3-5-17(26)15(9-13)22(28)29/h3-10,26H,1-2H3,(H,28,29)/b19-10-. The summed E-state index contributed by atoms with van der Waals surface area (Å²) in [6.07, 6.45) is 1.65. The number of carbonyl (C=O) groups is 1. The number of aromatic carboxylic acids is 1. The van der Waals surface area contributed by atoms with Crippen LogP contribution in [-0.4, -0.2) is 25.6 Å². The SMILES string of the molecule is Cc1cc(C)c2nc3s/c(=C\c4ccc(-c5ccc(O)c(C(=O)O)c5)o4)c(=O)n3c2c1. The summed E-state index contributed by atoms with van der Waals surface area (Å²) in [5.41, 5.74) is 3.84. The van der Waals surface area contributed by atoms with Gasteiger partial charge in [-0.3, -0.25) is 4.79 Å². The summed E-state index contributed by atoms with van der Waals surface area (Å²) in [7, 11) is 0. The molecule has 0 aliphatic carbocycles. The number of thiazole rings is 1. The Hall–Kier alpha value is -3.91. The van der Waals surface area contributed by atoms with Crippen molar-refractivity contribution in [3.8, 4) is 17.1 Å². The van der Waals surface area contributed by atoms with E-state index >= 15 is 0 Å². The molecule has 0 aliphatic heterocycles. The molecule has 0 unspecified atom stereocenters. The summed E-state index contributed by atoms with van der Waals surface area (Å²) in [6.45, 7) is 3.96. The lowest BCUT2D eigenvalue weighted by atomic mass is 10.1. The second-order valence-electron chi connectivity index (χ2n) is 7.33. The second kappa shape index (κ2) is 6.82. The molecule has 7 nitrogen and oxygen atoms in total. The third-order valence-electron chi connectivity index (χ3n) is 5.09. The molecule has 2 N–H and O–H groups in total. The van der Waals surface area contributed by atoms with Crippen LogP contribution in [0.3, 0.4) is 0 Å². The number of phenols is 1. The number of hydrogen-bond acceptors (Lipinski definition) is 6. The molecule has 3 heterocycles. The Bertz CT molecular complexity index is 1620. The van der Waals surface area contributed by atoms with Crippen LogP contribution in [0.1, 0.15) is 27.2 Å². The van der Waals surface area contributed by atoms with Crippen LogP contribution in [-0.2, 0) is 0 Å². The predicted octanol–water partition coefficient (Wildman–Crippen LogP) is 3.74. The zero-order chi connectivity index (χ0) is 21.9. The maximum Gasteiger partial charge on any atom is 0.339 e. The fraction of sp³-hybridized carbons (Fsp3) is 0.0870. The van der Waals surface area contributed by atoms with Gasteiger partial charge >= 0.3 is 5.97 Å². The molecule has 31 heavy (non-hydrogen) atoms. The first-order valence-corrected chi connectivity index (χ1v) is 10.2. The quantitative estimate of drug-likeness (QED) is 0.450. The lowest BCUT2D eigenvalue weighted by molar-refractivity contribution is 0.0694. The Morgan fingerprint density at radius 3 is 2.74 bits per heavy atom. The number of carboxylic acids is 1. The van der Waals surface area contributed by atoms with Crippen LogP contribution >= 0.6 is 11.3 Å². The topological polar surface area (TPSA) is 105 Å². The van der Waals surface area contributed by atoms with Crippen LogP contribution in [0.15, 0.2) is 51.7 Å². The number of carboxylic acid groups (broad SMARTS) is 1. The van der Waals surface area contributed by atoms with E-state index in [0.717, 1.165) is 22.2 Å². The van der Waals surface area contributed by atoms with E-state index in [2.05, 4.69) is 4.98 Å². The summed E-state index contributed by atoms with van der Waals surface area (Å²) in [4.78, 5) is 29.5. The average molecular weight is 432 g/mol.